The van der Waals surface area contributed by atoms with E-state index in [0.717, 1.165) is 0 Å². The fraction of sp³-hybridized carbons (Fsp3) is 0.0526. The third kappa shape index (κ3) is 4.85. The van der Waals surface area contributed by atoms with E-state index in [1.165, 1.54) is 123 Å². The molecule has 0 bridgehead atoms. The van der Waals surface area contributed by atoms with E-state index in [2.05, 4.69) is 206 Å². The lowest BCUT2D eigenvalue weighted by Gasteiger charge is -2.21. The van der Waals surface area contributed by atoms with Crippen LogP contribution in [-0.2, 0) is 5.41 Å². The van der Waals surface area contributed by atoms with Gasteiger partial charge in [0.2, 0.25) is 0 Å². The van der Waals surface area contributed by atoms with Crippen LogP contribution in [0.15, 0.2) is 188 Å². The summed E-state index contributed by atoms with van der Waals surface area (Å²) in [5.41, 5.74) is 16.7. The second-order valence-electron chi connectivity index (χ2n) is 16.8. The molecule has 9 aromatic carbocycles. The molecule has 282 valence electrons. The van der Waals surface area contributed by atoms with Crippen molar-refractivity contribution >= 4 is 84.8 Å². The zero-order valence-corrected chi connectivity index (χ0v) is 34.8. The fourth-order valence-corrected chi connectivity index (χ4v) is 12.7. The van der Waals surface area contributed by atoms with E-state index < -0.39 is 0 Å². The number of thiophene rings is 2. The van der Waals surface area contributed by atoms with Crippen molar-refractivity contribution in [1.82, 2.24) is 4.57 Å². The van der Waals surface area contributed by atoms with Crippen LogP contribution in [0, 0.1) is 0 Å². The molecule has 0 N–H and O–H groups in total. The van der Waals surface area contributed by atoms with E-state index in [1.807, 2.05) is 22.7 Å². The number of hydrogen-bond acceptors (Lipinski definition) is 2. The van der Waals surface area contributed by atoms with Crippen molar-refractivity contribution in [1.29, 1.82) is 0 Å². The lowest BCUT2D eigenvalue weighted by atomic mass is 9.82. The largest absolute Gasteiger partial charge is 0.309 e. The highest BCUT2D eigenvalue weighted by Crippen LogP contribution is 2.54. The smallest absolute Gasteiger partial charge is 0.0541 e. The molecule has 0 unspecified atom stereocenters. The van der Waals surface area contributed by atoms with E-state index in [9.17, 15) is 0 Å². The Labute approximate surface area is 356 Å². The van der Waals surface area contributed by atoms with Crippen LogP contribution in [0.3, 0.4) is 0 Å². The van der Waals surface area contributed by atoms with Crippen LogP contribution in [-0.4, -0.2) is 4.57 Å². The number of para-hydroxylation sites is 1. The zero-order valence-electron chi connectivity index (χ0n) is 33.2. The van der Waals surface area contributed by atoms with Crippen LogP contribution < -0.4 is 0 Å². The van der Waals surface area contributed by atoms with Gasteiger partial charge in [-0.25, -0.2) is 0 Å². The molecule has 0 amide bonds. The normalized spacial score (nSPS) is 13.3. The molecule has 3 aromatic heterocycles. The average Bonchev–Trinajstić information content (AvgIpc) is 4.03. The van der Waals surface area contributed by atoms with Crippen molar-refractivity contribution in [2.24, 2.45) is 0 Å². The van der Waals surface area contributed by atoms with Crippen LogP contribution in [0.25, 0.3) is 112 Å². The molecule has 0 radical (unpaired) electrons. The van der Waals surface area contributed by atoms with Gasteiger partial charge in [0.15, 0.2) is 0 Å². The summed E-state index contributed by atoms with van der Waals surface area (Å²) in [4.78, 5) is 0. The second-order valence-corrected chi connectivity index (χ2v) is 18.9. The minimum Gasteiger partial charge on any atom is -0.309 e. The van der Waals surface area contributed by atoms with Gasteiger partial charge in [-0.15, -0.1) is 22.7 Å². The summed E-state index contributed by atoms with van der Waals surface area (Å²) in [6.07, 6.45) is 0. The van der Waals surface area contributed by atoms with Gasteiger partial charge >= 0.3 is 0 Å². The predicted molar refractivity (Wildman–Crippen MR) is 260 cm³/mol. The van der Waals surface area contributed by atoms with Gasteiger partial charge in [-0.05, 0) is 105 Å². The molecule has 1 nitrogen and oxygen atoms in total. The second kappa shape index (κ2) is 12.6. The first-order chi connectivity index (χ1) is 29.5. The van der Waals surface area contributed by atoms with Crippen LogP contribution in [0.5, 0.6) is 0 Å². The van der Waals surface area contributed by atoms with Gasteiger partial charge in [0.25, 0.3) is 0 Å². The van der Waals surface area contributed by atoms with Crippen molar-refractivity contribution in [2.75, 3.05) is 0 Å². The monoisotopic (exact) mass is 799 g/mol. The van der Waals surface area contributed by atoms with Gasteiger partial charge < -0.3 is 4.57 Å². The van der Waals surface area contributed by atoms with Crippen molar-refractivity contribution in [2.45, 2.75) is 19.3 Å². The molecule has 1 aliphatic carbocycles. The summed E-state index contributed by atoms with van der Waals surface area (Å²) in [6, 6.07) is 70.3. The number of benzene rings is 9. The van der Waals surface area contributed by atoms with E-state index in [-0.39, 0.29) is 5.41 Å². The summed E-state index contributed by atoms with van der Waals surface area (Å²) in [7, 11) is 0. The molecule has 3 heteroatoms. The third-order valence-electron chi connectivity index (χ3n) is 13.2. The predicted octanol–water partition coefficient (Wildman–Crippen LogP) is 16.8. The minimum absolute atomic E-state index is 0.00849. The highest BCUT2D eigenvalue weighted by molar-refractivity contribution is 7.27. The van der Waals surface area contributed by atoms with Crippen LogP contribution >= 0.6 is 22.7 Å². The molecule has 0 fully saturated rings. The number of nitrogens with zero attached hydrogens (tertiary/aromatic N) is 1. The summed E-state index contributed by atoms with van der Waals surface area (Å²) >= 11 is 3.82. The highest BCUT2D eigenvalue weighted by Gasteiger charge is 2.36. The third-order valence-corrected chi connectivity index (χ3v) is 15.7. The summed E-state index contributed by atoms with van der Waals surface area (Å²) in [5.74, 6) is 0. The lowest BCUT2D eigenvalue weighted by molar-refractivity contribution is 0.661. The number of rotatable bonds is 4. The fourth-order valence-electron chi connectivity index (χ4n) is 10.3. The molecule has 0 spiro atoms. The van der Waals surface area contributed by atoms with Crippen molar-refractivity contribution < 1.29 is 0 Å². The van der Waals surface area contributed by atoms with Gasteiger partial charge in [-0.1, -0.05) is 147 Å². The Morgan fingerprint density at radius 2 is 0.950 bits per heavy atom. The van der Waals surface area contributed by atoms with E-state index in [0.29, 0.717) is 0 Å². The van der Waals surface area contributed by atoms with Gasteiger partial charge in [0.1, 0.15) is 0 Å². The summed E-state index contributed by atoms with van der Waals surface area (Å²) in [6.45, 7) is 4.74. The van der Waals surface area contributed by atoms with E-state index in [1.54, 1.807) is 0 Å². The first-order valence-electron chi connectivity index (χ1n) is 20.7. The first-order valence-corrected chi connectivity index (χ1v) is 22.4. The Morgan fingerprint density at radius 1 is 0.367 bits per heavy atom. The van der Waals surface area contributed by atoms with Gasteiger partial charge in [0, 0.05) is 67.8 Å². The van der Waals surface area contributed by atoms with Crippen LogP contribution in [0.2, 0.25) is 0 Å². The molecule has 60 heavy (non-hydrogen) atoms. The standard InChI is InChI=1S/C57H37NS2/c1-57(2)48-17-8-6-14-44(48)54-49(57)27-26-43-42-16-10-15-40(55(42)60-56(43)54)35-21-19-34(20-22-35)36-23-28-50-45(31-36)46-32-37(24-29-51(46)58(50)39-11-4-3-5-12-39)38-25-30-53-47(33-38)41-13-7-9-18-52(41)59-53/h3-33H,1-2H3. The Balaban J connectivity index is 0.928. The molecule has 0 saturated heterocycles. The maximum Gasteiger partial charge on any atom is 0.0541 e. The molecule has 0 saturated carbocycles. The molecule has 3 heterocycles. The quantitative estimate of drug-likeness (QED) is 0.167. The molecular weight excluding hydrogens is 763 g/mol. The Morgan fingerprint density at radius 3 is 1.75 bits per heavy atom. The van der Waals surface area contributed by atoms with Gasteiger partial charge in [-0.2, -0.15) is 0 Å². The summed E-state index contributed by atoms with van der Waals surface area (Å²) < 4.78 is 7.83. The number of fused-ring (bicyclic) bond motifs is 13. The number of hydrogen-bond donors (Lipinski definition) is 0. The average molecular weight is 800 g/mol. The van der Waals surface area contributed by atoms with E-state index in [4.69, 9.17) is 0 Å². The molecule has 1 aliphatic rings. The molecule has 0 aliphatic heterocycles. The van der Waals surface area contributed by atoms with E-state index >= 15 is 0 Å². The Hall–Kier alpha value is -6.78. The van der Waals surface area contributed by atoms with Crippen LogP contribution in [0.4, 0.5) is 0 Å². The maximum absolute atomic E-state index is 2.41. The molecular formula is C57H37NS2. The van der Waals surface area contributed by atoms with Crippen molar-refractivity contribution in [3.8, 4) is 50.2 Å². The maximum atomic E-state index is 2.41. The zero-order chi connectivity index (χ0) is 39.7. The highest BCUT2D eigenvalue weighted by atomic mass is 32.1. The molecule has 0 atom stereocenters. The van der Waals surface area contributed by atoms with Crippen molar-refractivity contribution in [3.05, 3.63) is 199 Å². The number of aromatic nitrogens is 1. The molecule has 13 rings (SSSR count). The Kier molecular flexibility index (Phi) is 7.17. The first kappa shape index (κ1) is 34.1. The Bertz CT molecular complexity index is 3730. The SMILES string of the molecule is CC1(C)c2ccccc2-c2c1ccc1c2sc2c(-c3ccc(-c4ccc5c(c4)c4cc(-c6ccc7sc8ccccc8c7c6)ccc4n5-c4ccccc4)cc3)cccc21. The van der Waals surface area contributed by atoms with Crippen molar-refractivity contribution in [3.63, 3.8) is 0 Å². The molecule has 12 aromatic rings. The van der Waals surface area contributed by atoms with Crippen LogP contribution in [0.1, 0.15) is 25.0 Å². The lowest BCUT2D eigenvalue weighted by Crippen LogP contribution is -2.14. The minimum atomic E-state index is -0.00849. The topological polar surface area (TPSA) is 4.93 Å². The van der Waals surface area contributed by atoms with Gasteiger partial charge in [0.05, 0.1) is 11.0 Å². The van der Waals surface area contributed by atoms with Gasteiger partial charge in [-0.3, -0.25) is 0 Å². The summed E-state index contributed by atoms with van der Waals surface area (Å²) in [5, 5.41) is 7.86.